The van der Waals surface area contributed by atoms with Crippen LogP contribution in [0.2, 0.25) is 0 Å². The van der Waals surface area contributed by atoms with Gasteiger partial charge in [-0.3, -0.25) is 12.9 Å². The van der Waals surface area contributed by atoms with E-state index in [9.17, 15) is 12.9 Å². The molecule has 0 aromatic rings. The summed E-state index contributed by atoms with van der Waals surface area (Å²) >= 11 is 0. The minimum absolute atomic E-state index is 0. The van der Waals surface area contributed by atoms with Gasteiger partial charge in [-0.2, -0.15) is 0 Å². The van der Waals surface area contributed by atoms with Crippen LogP contribution in [0.4, 0.5) is 12.9 Å². The molecule has 0 N–H and O–H groups in total. The fourth-order valence-electron chi connectivity index (χ4n) is 3.98. The van der Waals surface area contributed by atoms with Crippen molar-refractivity contribution in [2.45, 2.75) is 38.5 Å². The van der Waals surface area contributed by atoms with E-state index in [1.54, 1.807) is 38.5 Å². The van der Waals surface area contributed by atoms with Gasteiger partial charge in [0.1, 0.15) is 0 Å². The van der Waals surface area contributed by atoms with Crippen LogP contribution in [-0.2, 0) is 0 Å². The Kier molecular flexibility index (Phi) is 6.24. The molecule has 15 heavy (non-hydrogen) atoms. The third kappa shape index (κ3) is 4.34. The first-order chi connectivity index (χ1) is 6.63. The van der Waals surface area contributed by atoms with E-state index in [0.717, 1.165) is 0 Å². The summed E-state index contributed by atoms with van der Waals surface area (Å²) in [6.45, 7) is 0. The maximum Gasteiger partial charge on any atom is 0.762 e. The van der Waals surface area contributed by atoms with Crippen molar-refractivity contribution in [3.05, 3.63) is 0 Å². The second-order valence-electron chi connectivity index (χ2n) is 5.13. The number of rotatable bonds is 0. The van der Waals surface area contributed by atoms with Gasteiger partial charge < -0.3 is 0 Å². The van der Waals surface area contributed by atoms with Gasteiger partial charge in [-0.25, -0.2) is 0 Å². The first-order valence-corrected chi connectivity index (χ1v) is 5.55. The molecule has 81 valence electrons. The third-order valence-corrected chi connectivity index (χ3v) is 4.00. The number of hydrogen-bond donors (Lipinski definition) is 0. The molecule has 4 fully saturated rings. The molecule has 0 amide bonds. The minimum Gasteiger partial charge on any atom is -0.254 e. The molecule has 4 aliphatic carbocycles. The topological polar surface area (TPSA) is 0 Å². The molecule has 4 aliphatic rings. The van der Waals surface area contributed by atoms with Crippen molar-refractivity contribution in [1.29, 1.82) is 0 Å². The van der Waals surface area contributed by atoms with Gasteiger partial charge in [0, 0.05) is 51.4 Å². The van der Waals surface area contributed by atoms with Gasteiger partial charge in [0.15, 0.2) is 0 Å². The Labute approximate surface area is 132 Å². The van der Waals surface area contributed by atoms with Crippen LogP contribution in [0.5, 0.6) is 0 Å². The molecule has 0 saturated heterocycles. The van der Waals surface area contributed by atoms with Gasteiger partial charge in [0.2, 0.25) is 0 Å². The Morgan fingerprint density at radius 2 is 0.733 bits per heavy atom. The Morgan fingerprint density at radius 3 is 0.867 bits per heavy atom. The van der Waals surface area contributed by atoms with E-state index in [0.29, 0.717) is 0 Å². The second-order valence-corrected chi connectivity index (χ2v) is 5.13. The summed E-state index contributed by atoms with van der Waals surface area (Å²) in [6.07, 6.45) is 9.62. The maximum absolute atomic E-state index is 9.67. The summed E-state index contributed by atoms with van der Waals surface area (Å²) in [5, 5.41) is 0. The Hall–Kier alpha value is 1.49. The molecule has 4 saturated carbocycles. The zero-order chi connectivity index (χ0) is 10.1. The van der Waals surface area contributed by atoms with Crippen molar-refractivity contribution in [3.63, 3.8) is 0 Å². The van der Waals surface area contributed by atoms with Crippen molar-refractivity contribution < 1.29 is 12.9 Å². The van der Waals surface area contributed by atoms with Gasteiger partial charge in [-0.15, -0.1) is 0 Å². The molecule has 5 heteroatoms. The average Bonchev–Trinajstić information content (AvgIpc) is 1.98. The molecule has 0 aliphatic heterocycles. The Balaban J connectivity index is 0.000000200. The third-order valence-electron chi connectivity index (χ3n) is 4.00. The quantitative estimate of drug-likeness (QED) is 0.572. The minimum atomic E-state index is -3.67. The molecule has 0 spiro atoms. The monoisotopic (exact) mass is 243 g/mol. The first kappa shape index (κ1) is 14.6. The molecule has 0 nitrogen and oxygen atoms in total. The van der Waals surface area contributed by atoms with Crippen molar-refractivity contribution in [2.24, 2.45) is 23.7 Å². The van der Waals surface area contributed by atoms with E-state index >= 15 is 0 Å². The Morgan fingerprint density at radius 1 is 0.600 bits per heavy atom. The zero-order valence-corrected chi connectivity index (χ0v) is 12.4. The second kappa shape index (κ2) is 6.43. The van der Waals surface area contributed by atoms with E-state index in [2.05, 4.69) is 0 Å². The molecule has 0 atom stereocenters. The summed E-state index contributed by atoms with van der Waals surface area (Å²) in [5.41, 5.74) is 0. The van der Waals surface area contributed by atoms with Crippen molar-refractivity contribution in [1.82, 2.24) is 0 Å². The van der Waals surface area contributed by atoms with E-state index in [1.807, 2.05) is 0 Å². The van der Waals surface area contributed by atoms with E-state index in [4.69, 9.17) is 0 Å². The van der Waals surface area contributed by atoms with Gasteiger partial charge in [0.05, 0.1) is 0 Å². The smallest absolute Gasteiger partial charge is 0.254 e. The molecule has 0 aromatic carbocycles. The molecular formula is C10H16BF3K. The van der Waals surface area contributed by atoms with Crippen LogP contribution in [0.15, 0.2) is 0 Å². The zero-order valence-electron chi connectivity index (χ0n) is 9.26. The molecule has 4 rings (SSSR count). The predicted molar refractivity (Wildman–Crippen MR) is 56.5 cm³/mol. The molecule has 0 unspecified atom stereocenters. The van der Waals surface area contributed by atoms with Crippen LogP contribution in [0.3, 0.4) is 0 Å². The van der Waals surface area contributed by atoms with Crippen molar-refractivity contribution in [3.8, 4) is 0 Å². The van der Waals surface area contributed by atoms with Gasteiger partial charge in [0.25, 0.3) is 0 Å². The van der Waals surface area contributed by atoms with Crippen LogP contribution < -0.4 is 0 Å². The van der Waals surface area contributed by atoms with E-state index in [1.165, 1.54) is 23.7 Å². The summed E-state index contributed by atoms with van der Waals surface area (Å²) in [7, 11) is -3.67. The summed E-state index contributed by atoms with van der Waals surface area (Å²) in [4.78, 5) is 0. The number of halogens is 3. The molecule has 4 bridgehead atoms. The van der Waals surface area contributed by atoms with Gasteiger partial charge in [-0.05, 0) is 62.2 Å². The van der Waals surface area contributed by atoms with Gasteiger partial charge in [-0.1, -0.05) is 0 Å². The fourth-order valence-corrected chi connectivity index (χ4v) is 3.98. The molecular weight excluding hydrogens is 227 g/mol. The summed E-state index contributed by atoms with van der Waals surface area (Å²) in [6, 6.07) is 0. The predicted octanol–water partition coefficient (Wildman–Crippen LogP) is 3.33. The summed E-state index contributed by atoms with van der Waals surface area (Å²) in [5.74, 6) is 4.71. The van der Waals surface area contributed by atoms with Gasteiger partial charge >= 0.3 is 7.54 Å². The van der Waals surface area contributed by atoms with Crippen LogP contribution in [0, 0.1) is 23.7 Å². The van der Waals surface area contributed by atoms with Crippen LogP contribution in [0.1, 0.15) is 38.5 Å². The van der Waals surface area contributed by atoms with Crippen LogP contribution in [-0.4, -0.2) is 58.9 Å². The van der Waals surface area contributed by atoms with Crippen LogP contribution >= 0.6 is 0 Å². The van der Waals surface area contributed by atoms with E-state index in [-0.39, 0.29) is 51.4 Å². The molecule has 0 aromatic heterocycles. The maximum atomic E-state index is 9.67. The molecule has 1 radical (unpaired) electrons. The molecule has 0 heterocycles. The standard InChI is InChI=1S/C10H16.BF3.K/c1-7-2-9-4-8(1)5-10(3-7)6-9;2-1(3)4;/h7-10H,1-6H2;;. The Bertz CT molecular complexity index is 142. The SMILES string of the molecule is C1C2CC3CC1CC(C2)C3.FB(F)F.[K]. The van der Waals surface area contributed by atoms with Crippen molar-refractivity contribution in [2.75, 3.05) is 0 Å². The van der Waals surface area contributed by atoms with Crippen molar-refractivity contribution >= 4 is 58.9 Å². The van der Waals surface area contributed by atoms with Crippen LogP contribution in [0.25, 0.3) is 0 Å². The first-order valence-electron chi connectivity index (χ1n) is 5.55. The van der Waals surface area contributed by atoms with E-state index < -0.39 is 7.54 Å². The summed E-state index contributed by atoms with van der Waals surface area (Å²) < 4.78 is 29.0. The fraction of sp³-hybridized carbons (Fsp3) is 1.00. The number of hydrogen-bond acceptors (Lipinski definition) is 0. The normalized spacial score (nSPS) is 40.2. The average molecular weight is 243 g/mol. The largest absolute Gasteiger partial charge is 0.762 e.